The SMILES string of the molecule is Cc1ccc(NC(=O)C(C)OC(=O)c2cc(C)ccc2C)cc1. The van der Waals surface area contributed by atoms with E-state index in [4.69, 9.17) is 4.74 Å². The average molecular weight is 311 g/mol. The van der Waals surface area contributed by atoms with Crippen molar-refractivity contribution in [1.29, 1.82) is 0 Å². The zero-order chi connectivity index (χ0) is 17.0. The summed E-state index contributed by atoms with van der Waals surface area (Å²) >= 11 is 0. The summed E-state index contributed by atoms with van der Waals surface area (Å²) in [6, 6.07) is 13.0. The van der Waals surface area contributed by atoms with Crippen molar-refractivity contribution in [1.82, 2.24) is 0 Å². The van der Waals surface area contributed by atoms with Crippen LogP contribution in [0.2, 0.25) is 0 Å². The van der Waals surface area contributed by atoms with Crippen LogP contribution in [-0.4, -0.2) is 18.0 Å². The van der Waals surface area contributed by atoms with Gasteiger partial charge in [0.25, 0.3) is 5.91 Å². The van der Waals surface area contributed by atoms with E-state index in [0.717, 1.165) is 16.7 Å². The highest BCUT2D eigenvalue weighted by molar-refractivity contribution is 5.97. The number of ether oxygens (including phenoxy) is 1. The first kappa shape index (κ1) is 16.7. The Hall–Kier alpha value is -2.62. The highest BCUT2D eigenvalue weighted by Crippen LogP contribution is 2.14. The molecule has 0 saturated carbocycles. The molecule has 0 bridgehead atoms. The summed E-state index contributed by atoms with van der Waals surface area (Å²) in [5, 5.41) is 2.74. The summed E-state index contributed by atoms with van der Waals surface area (Å²) in [5.41, 5.74) is 4.07. The molecule has 1 unspecified atom stereocenters. The first-order chi connectivity index (χ1) is 10.9. The average Bonchev–Trinajstić information content (AvgIpc) is 2.51. The number of nitrogens with one attached hydrogen (secondary N) is 1. The number of carbonyl (C=O) groups is 2. The molecule has 4 nitrogen and oxygen atoms in total. The van der Waals surface area contributed by atoms with Crippen LogP contribution in [0.4, 0.5) is 5.69 Å². The number of benzene rings is 2. The lowest BCUT2D eigenvalue weighted by Gasteiger charge is -2.15. The van der Waals surface area contributed by atoms with Gasteiger partial charge in [0.1, 0.15) is 0 Å². The first-order valence-corrected chi connectivity index (χ1v) is 7.52. The Balaban J connectivity index is 2.01. The Morgan fingerprint density at radius 3 is 2.22 bits per heavy atom. The van der Waals surface area contributed by atoms with Crippen LogP contribution < -0.4 is 5.32 Å². The molecule has 1 atom stereocenters. The van der Waals surface area contributed by atoms with Crippen LogP contribution in [0.1, 0.15) is 34.0 Å². The van der Waals surface area contributed by atoms with E-state index in [1.807, 2.05) is 57.2 Å². The lowest BCUT2D eigenvalue weighted by molar-refractivity contribution is -0.123. The van der Waals surface area contributed by atoms with E-state index >= 15 is 0 Å². The summed E-state index contributed by atoms with van der Waals surface area (Å²) in [6.45, 7) is 7.28. The number of amides is 1. The van der Waals surface area contributed by atoms with Crippen LogP contribution >= 0.6 is 0 Å². The number of aryl methyl sites for hydroxylation is 3. The molecule has 23 heavy (non-hydrogen) atoms. The van der Waals surface area contributed by atoms with Gasteiger partial charge in [0.15, 0.2) is 6.10 Å². The second-order valence-corrected chi connectivity index (χ2v) is 5.72. The molecule has 0 spiro atoms. The molecule has 2 aromatic rings. The molecule has 0 fully saturated rings. The second-order valence-electron chi connectivity index (χ2n) is 5.72. The third-order valence-electron chi connectivity index (χ3n) is 3.59. The molecule has 4 heteroatoms. The van der Waals surface area contributed by atoms with Crippen LogP contribution in [0, 0.1) is 20.8 Å². The van der Waals surface area contributed by atoms with E-state index in [1.54, 1.807) is 13.0 Å². The van der Waals surface area contributed by atoms with Gasteiger partial charge in [-0.05, 0) is 51.5 Å². The van der Waals surface area contributed by atoms with Gasteiger partial charge in [-0.2, -0.15) is 0 Å². The smallest absolute Gasteiger partial charge is 0.339 e. The predicted octanol–water partition coefficient (Wildman–Crippen LogP) is 3.80. The number of hydrogen-bond donors (Lipinski definition) is 1. The maximum atomic E-state index is 12.2. The van der Waals surface area contributed by atoms with Crippen molar-refractivity contribution in [3.63, 3.8) is 0 Å². The zero-order valence-electron chi connectivity index (χ0n) is 13.8. The van der Waals surface area contributed by atoms with E-state index in [2.05, 4.69) is 5.32 Å². The lowest BCUT2D eigenvalue weighted by atomic mass is 10.1. The molecular formula is C19H21NO3. The Bertz CT molecular complexity index is 720. The topological polar surface area (TPSA) is 55.4 Å². The molecule has 2 aromatic carbocycles. The molecule has 0 aromatic heterocycles. The fraction of sp³-hybridized carbons (Fsp3) is 0.263. The molecule has 0 aliphatic carbocycles. The fourth-order valence-electron chi connectivity index (χ4n) is 2.11. The maximum absolute atomic E-state index is 12.2. The Labute approximate surface area is 136 Å². The largest absolute Gasteiger partial charge is 0.449 e. The Morgan fingerprint density at radius 2 is 1.57 bits per heavy atom. The van der Waals surface area contributed by atoms with Gasteiger partial charge in [0, 0.05) is 5.69 Å². The molecule has 0 saturated heterocycles. The van der Waals surface area contributed by atoms with Gasteiger partial charge < -0.3 is 10.1 Å². The van der Waals surface area contributed by atoms with E-state index in [0.29, 0.717) is 11.3 Å². The molecule has 1 amide bonds. The van der Waals surface area contributed by atoms with Crippen LogP contribution in [0.5, 0.6) is 0 Å². The van der Waals surface area contributed by atoms with Crippen LogP contribution in [-0.2, 0) is 9.53 Å². The number of hydrogen-bond acceptors (Lipinski definition) is 3. The quantitative estimate of drug-likeness (QED) is 0.874. The van der Waals surface area contributed by atoms with E-state index in [1.165, 1.54) is 0 Å². The predicted molar refractivity (Wildman–Crippen MR) is 90.6 cm³/mol. The van der Waals surface area contributed by atoms with Crippen molar-refractivity contribution in [3.05, 3.63) is 64.7 Å². The van der Waals surface area contributed by atoms with Crippen LogP contribution in [0.25, 0.3) is 0 Å². The van der Waals surface area contributed by atoms with Gasteiger partial charge in [-0.1, -0.05) is 35.4 Å². The Morgan fingerprint density at radius 1 is 0.957 bits per heavy atom. The highest BCUT2D eigenvalue weighted by atomic mass is 16.5. The Kier molecular flexibility index (Phi) is 5.16. The van der Waals surface area contributed by atoms with Crippen molar-refractivity contribution in [3.8, 4) is 0 Å². The molecule has 2 rings (SSSR count). The van der Waals surface area contributed by atoms with E-state index in [-0.39, 0.29) is 5.91 Å². The van der Waals surface area contributed by atoms with Gasteiger partial charge in [-0.15, -0.1) is 0 Å². The van der Waals surface area contributed by atoms with Crippen molar-refractivity contribution in [2.45, 2.75) is 33.8 Å². The van der Waals surface area contributed by atoms with Crippen molar-refractivity contribution >= 4 is 17.6 Å². The minimum Gasteiger partial charge on any atom is -0.449 e. The van der Waals surface area contributed by atoms with E-state index < -0.39 is 12.1 Å². The molecule has 120 valence electrons. The summed E-state index contributed by atoms with van der Waals surface area (Å²) in [5.74, 6) is -0.842. The molecule has 0 aliphatic rings. The second kappa shape index (κ2) is 7.09. The number of carbonyl (C=O) groups excluding carboxylic acids is 2. The van der Waals surface area contributed by atoms with Crippen molar-refractivity contribution < 1.29 is 14.3 Å². The molecule has 0 heterocycles. The first-order valence-electron chi connectivity index (χ1n) is 7.52. The standard InChI is InChI=1S/C19H21NO3/c1-12-6-9-16(10-7-12)20-18(21)15(4)23-19(22)17-11-13(2)5-8-14(17)3/h5-11,15H,1-4H3,(H,20,21). The summed E-state index contributed by atoms with van der Waals surface area (Å²) < 4.78 is 5.28. The van der Waals surface area contributed by atoms with Crippen molar-refractivity contribution in [2.75, 3.05) is 5.32 Å². The fourth-order valence-corrected chi connectivity index (χ4v) is 2.11. The third-order valence-corrected chi connectivity index (χ3v) is 3.59. The van der Waals surface area contributed by atoms with Gasteiger partial charge >= 0.3 is 5.97 Å². The summed E-state index contributed by atoms with van der Waals surface area (Å²) in [7, 11) is 0. The van der Waals surface area contributed by atoms with Gasteiger partial charge in [0.05, 0.1) is 5.56 Å². The third kappa shape index (κ3) is 4.42. The maximum Gasteiger partial charge on any atom is 0.339 e. The minimum absolute atomic E-state index is 0.354. The number of rotatable bonds is 4. The van der Waals surface area contributed by atoms with Gasteiger partial charge in [0.2, 0.25) is 0 Å². The molecule has 0 radical (unpaired) electrons. The van der Waals surface area contributed by atoms with E-state index in [9.17, 15) is 9.59 Å². The summed E-state index contributed by atoms with van der Waals surface area (Å²) in [4.78, 5) is 24.4. The van der Waals surface area contributed by atoms with Crippen LogP contribution in [0.15, 0.2) is 42.5 Å². The molecule has 0 aliphatic heterocycles. The number of anilines is 1. The highest BCUT2D eigenvalue weighted by Gasteiger charge is 2.20. The molecule has 1 N–H and O–H groups in total. The normalized spacial score (nSPS) is 11.7. The summed E-state index contributed by atoms with van der Waals surface area (Å²) in [6.07, 6.45) is -0.872. The monoisotopic (exact) mass is 311 g/mol. The van der Waals surface area contributed by atoms with Gasteiger partial charge in [-0.25, -0.2) is 4.79 Å². The minimum atomic E-state index is -0.872. The van der Waals surface area contributed by atoms with Crippen LogP contribution in [0.3, 0.4) is 0 Å². The zero-order valence-corrected chi connectivity index (χ0v) is 13.8. The molecular weight excluding hydrogens is 290 g/mol. The lowest BCUT2D eigenvalue weighted by Crippen LogP contribution is -2.30. The van der Waals surface area contributed by atoms with Crippen molar-refractivity contribution in [2.24, 2.45) is 0 Å². The van der Waals surface area contributed by atoms with Gasteiger partial charge in [-0.3, -0.25) is 4.79 Å². The number of esters is 1.